The molecule has 1 heterocycles. The first-order valence-electron chi connectivity index (χ1n) is 3.94. The minimum Gasteiger partial charge on any atom is -0.480 e. The fraction of sp³-hybridized carbons (Fsp3) is 0.375. The zero-order valence-corrected chi connectivity index (χ0v) is 7.57. The number of carbonyl (C=O) groups is 1. The van der Waals surface area contributed by atoms with Gasteiger partial charge < -0.3 is 10.1 Å². The van der Waals surface area contributed by atoms with Gasteiger partial charge in [0, 0.05) is 12.5 Å². The normalized spacial score (nSPS) is 9.38. The van der Waals surface area contributed by atoms with Crippen molar-refractivity contribution in [2.75, 3.05) is 12.4 Å². The van der Waals surface area contributed by atoms with E-state index in [1.165, 1.54) is 7.11 Å². The summed E-state index contributed by atoms with van der Waals surface area (Å²) in [7, 11) is 1.51. The molecule has 0 aliphatic rings. The van der Waals surface area contributed by atoms with Gasteiger partial charge in [-0.2, -0.15) is 0 Å². The number of aromatic nitrogens is 2. The molecular weight excluding hydrogens is 170 g/mol. The number of hydrogen-bond acceptors (Lipinski definition) is 4. The van der Waals surface area contributed by atoms with Gasteiger partial charge in [-0.25, -0.2) is 0 Å². The van der Waals surface area contributed by atoms with Crippen molar-refractivity contribution in [3.63, 3.8) is 0 Å². The largest absolute Gasteiger partial charge is 0.480 e. The highest BCUT2D eigenvalue weighted by atomic mass is 16.5. The van der Waals surface area contributed by atoms with E-state index < -0.39 is 0 Å². The van der Waals surface area contributed by atoms with Crippen molar-refractivity contribution in [3.05, 3.63) is 12.1 Å². The average molecular weight is 181 g/mol. The third-order valence-electron chi connectivity index (χ3n) is 1.44. The lowest BCUT2D eigenvalue weighted by molar-refractivity contribution is -0.115. The lowest BCUT2D eigenvalue weighted by Crippen LogP contribution is -2.11. The molecule has 0 fully saturated rings. The van der Waals surface area contributed by atoms with E-state index in [9.17, 15) is 4.79 Å². The molecule has 1 amide bonds. The van der Waals surface area contributed by atoms with Crippen molar-refractivity contribution < 1.29 is 9.53 Å². The molecule has 70 valence electrons. The third-order valence-corrected chi connectivity index (χ3v) is 1.44. The molecule has 1 rings (SSSR count). The second kappa shape index (κ2) is 4.39. The summed E-state index contributed by atoms with van der Waals surface area (Å²) >= 11 is 0. The lowest BCUT2D eigenvalue weighted by Gasteiger charge is -2.01. The molecule has 5 nitrogen and oxygen atoms in total. The summed E-state index contributed by atoms with van der Waals surface area (Å²) in [5.74, 6) is 0.779. The molecule has 0 aromatic carbocycles. The molecule has 0 aliphatic heterocycles. The summed E-state index contributed by atoms with van der Waals surface area (Å²) in [6.07, 6.45) is 0.424. The van der Waals surface area contributed by atoms with Crippen molar-refractivity contribution in [3.8, 4) is 5.88 Å². The van der Waals surface area contributed by atoms with E-state index >= 15 is 0 Å². The van der Waals surface area contributed by atoms with E-state index in [1.807, 2.05) is 0 Å². The molecule has 0 unspecified atom stereocenters. The van der Waals surface area contributed by atoms with Crippen LogP contribution >= 0.6 is 0 Å². The average Bonchev–Trinajstić information content (AvgIpc) is 2.19. The van der Waals surface area contributed by atoms with Crippen LogP contribution in [0.15, 0.2) is 12.1 Å². The lowest BCUT2D eigenvalue weighted by atomic mass is 10.4. The van der Waals surface area contributed by atoms with Gasteiger partial charge in [-0.05, 0) is 6.07 Å². The van der Waals surface area contributed by atoms with Crippen LogP contribution in [0.4, 0.5) is 5.82 Å². The van der Waals surface area contributed by atoms with E-state index in [4.69, 9.17) is 4.74 Å². The van der Waals surface area contributed by atoms with Gasteiger partial charge in [0.05, 0.1) is 7.11 Å². The Bertz CT molecular complexity index is 284. The highest BCUT2D eigenvalue weighted by molar-refractivity contribution is 5.89. The Labute approximate surface area is 76.1 Å². The zero-order chi connectivity index (χ0) is 9.68. The van der Waals surface area contributed by atoms with Crippen molar-refractivity contribution in [2.24, 2.45) is 0 Å². The second-order valence-corrected chi connectivity index (χ2v) is 2.36. The standard InChI is InChI=1S/C8H11N3O2/c1-3-7(12)9-6-4-5-8(13-2)11-10-6/h4-5H,3H2,1-2H3,(H,9,10,12). The van der Waals surface area contributed by atoms with E-state index in [2.05, 4.69) is 15.5 Å². The number of hydrogen-bond donors (Lipinski definition) is 1. The Balaban J connectivity index is 2.64. The second-order valence-electron chi connectivity index (χ2n) is 2.36. The summed E-state index contributed by atoms with van der Waals surface area (Å²) in [5, 5.41) is 10.0. The summed E-state index contributed by atoms with van der Waals surface area (Å²) in [6, 6.07) is 3.28. The predicted molar refractivity (Wildman–Crippen MR) is 47.5 cm³/mol. The minimum atomic E-state index is -0.0838. The van der Waals surface area contributed by atoms with Gasteiger partial charge in [0.1, 0.15) is 0 Å². The van der Waals surface area contributed by atoms with Crippen LogP contribution in [-0.2, 0) is 4.79 Å². The van der Waals surface area contributed by atoms with Crippen LogP contribution in [0.5, 0.6) is 5.88 Å². The van der Waals surface area contributed by atoms with E-state index in [0.29, 0.717) is 18.1 Å². The Morgan fingerprint density at radius 1 is 1.54 bits per heavy atom. The summed E-state index contributed by atoms with van der Waals surface area (Å²) in [5.41, 5.74) is 0. The summed E-state index contributed by atoms with van der Waals surface area (Å²) < 4.78 is 4.81. The molecule has 0 aliphatic carbocycles. The molecule has 1 aromatic rings. The number of ether oxygens (including phenoxy) is 1. The summed E-state index contributed by atoms with van der Waals surface area (Å²) in [6.45, 7) is 1.77. The SMILES string of the molecule is CCC(=O)Nc1ccc(OC)nn1. The van der Waals surface area contributed by atoms with Gasteiger partial charge in [-0.3, -0.25) is 4.79 Å². The predicted octanol–water partition coefficient (Wildman–Crippen LogP) is 0.834. The van der Waals surface area contributed by atoms with Crippen LogP contribution in [-0.4, -0.2) is 23.2 Å². The maximum Gasteiger partial charge on any atom is 0.233 e. The maximum atomic E-state index is 10.9. The quantitative estimate of drug-likeness (QED) is 0.750. The number of amides is 1. The third kappa shape index (κ3) is 2.70. The number of anilines is 1. The topological polar surface area (TPSA) is 64.1 Å². The van der Waals surface area contributed by atoms with Crippen molar-refractivity contribution >= 4 is 11.7 Å². The monoisotopic (exact) mass is 181 g/mol. The fourth-order valence-corrected chi connectivity index (χ4v) is 0.727. The molecule has 5 heteroatoms. The first-order valence-corrected chi connectivity index (χ1v) is 3.94. The molecule has 1 N–H and O–H groups in total. The van der Waals surface area contributed by atoms with Crippen LogP contribution in [0, 0.1) is 0 Å². The first kappa shape index (κ1) is 9.44. The van der Waals surface area contributed by atoms with Gasteiger partial charge >= 0.3 is 0 Å². The highest BCUT2D eigenvalue weighted by Gasteiger charge is 2.00. The minimum absolute atomic E-state index is 0.0838. The molecule has 0 saturated carbocycles. The van der Waals surface area contributed by atoms with Gasteiger partial charge in [0.25, 0.3) is 0 Å². The Morgan fingerprint density at radius 2 is 2.31 bits per heavy atom. The molecule has 0 bridgehead atoms. The Kier molecular flexibility index (Phi) is 3.19. The molecule has 0 saturated heterocycles. The van der Waals surface area contributed by atoms with Gasteiger partial charge in [0.2, 0.25) is 11.8 Å². The fourth-order valence-electron chi connectivity index (χ4n) is 0.727. The molecule has 0 radical (unpaired) electrons. The molecular formula is C8H11N3O2. The Morgan fingerprint density at radius 3 is 2.77 bits per heavy atom. The van der Waals surface area contributed by atoms with Crippen LogP contribution in [0.3, 0.4) is 0 Å². The smallest absolute Gasteiger partial charge is 0.233 e. The van der Waals surface area contributed by atoms with E-state index in [0.717, 1.165) is 0 Å². The number of methoxy groups -OCH3 is 1. The maximum absolute atomic E-state index is 10.9. The Hall–Kier alpha value is -1.65. The van der Waals surface area contributed by atoms with Gasteiger partial charge in [-0.15, -0.1) is 10.2 Å². The number of nitrogens with one attached hydrogen (secondary N) is 1. The zero-order valence-electron chi connectivity index (χ0n) is 7.57. The van der Waals surface area contributed by atoms with E-state index in [-0.39, 0.29) is 5.91 Å². The van der Waals surface area contributed by atoms with Crippen molar-refractivity contribution in [1.29, 1.82) is 0 Å². The molecule has 13 heavy (non-hydrogen) atoms. The highest BCUT2D eigenvalue weighted by Crippen LogP contribution is 2.07. The number of carbonyl (C=O) groups excluding carboxylic acids is 1. The number of rotatable bonds is 3. The van der Waals surface area contributed by atoms with Crippen molar-refractivity contribution in [1.82, 2.24) is 10.2 Å². The first-order chi connectivity index (χ1) is 6.26. The number of nitrogens with zero attached hydrogens (tertiary/aromatic N) is 2. The van der Waals surface area contributed by atoms with E-state index in [1.54, 1.807) is 19.1 Å². The molecule has 0 atom stereocenters. The van der Waals surface area contributed by atoms with Crippen LogP contribution in [0.1, 0.15) is 13.3 Å². The molecule has 0 spiro atoms. The summed E-state index contributed by atoms with van der Waals surface area (Å²) in [4.78, 5) is 10.9. The van der Waals surface area contributed by atoms with Gasteiger partial charge in [0.15, 0.2) is 5.82 Å². The van der Waals surface area contributed by atoms with Crippen LogP contribution in [0.25, 0.3) is 0 Å². The van der Waals surface area contributed by atoms with Crippen molar-refractivity contribution in [2.45, 2.75) is 13.3 Å². The van der Waals surface area contributed by atoms with Crippen LogP contribution < -0.4 is 10.1 Å². The van der Waals surface area contributed by atoms with Gasteiger partial charge in [-0.1, -0.05) is 6.92 Å². The van der Waals surface area contributed by atoms with Crippen LogP contribution in [0.2, 0.25) is 0 Å². The molecule has 1 aromatic heterocycles.